The fourth-order valence-electron chi connectivity index (χ4n) is 3.30. The van der Waals surface area contributed by atoms with Crippen LogP contribution in [0.2, 0.25) is 0 Å². The van der Waals surface area contributed by atoms with Crippen LogP contribution in [0.4, 0.5) is 23.3 Å². The number of hydrogen-bond donors (Lipinski definition) is 3. The van der Waals surface area contributed by atoms with Gasteiger partial charge in [-0.05, 0) is 38.1 Å². The van der Waals surface area contributed by atoms with E-state index in [4.69, 9.17) is 10.5 Å². The van der Waals surface area contributed by atoms with Crippen molar-refractivity contribution in [1.29, 1.82) is 0 Å². The Bertz CT molecular complexity index is 1330. The van der Waals surface area contributed by atoms with E-state index in [1.54, 1.807) is 33.5 Å². The zero-order valence-electron chi connectivity index (χ0n) is 18.4. The van der Waals surface area contributed by atoms with E-state index >= 15 is 0 Å². The molecule has 33 heavy (non-hydrogen) atoms. The Kier molecular flexibility index (Phi) is 5.89. The first-order chi connectivity index (χ1) is 15.8. The van der Waals surface area contributed by atoms with Crippen molar-refractivity contribution in [3.8, 4) is 5.75 Å². The summed E-state index contributed by atoms with van der Waals surface area (Å²) in [4.78, 5) is 36.6. The fourth-order valence-corrected chi connectivity index (χ4v) is 3.30. The van der Waals surface area contributed by atoms with Crippen LogP contribution in [0.15, 0.2) is 36.7 Å². The summed E-state index contributed by atoms with van der Waals surface area (Å²) in [6.45, 7) is 5.77. The number of imidazole rings is 1. The Morgan fingerprint density at radius 1 is 1.18 bits per heavy atom. The smallest absolute Gasteiger partial charge is 0.308 e. The minimum Gasteiger partial charge on any atom is -0.427 e. The predicted octanol–water partition coefficient (Wildman–Crippen LogP) is 2.24. The average molecular weight is 449 g/mol. The minimum absolute atomic E-state index is 0.0165. The van der Waals surface area contributed by atoms with Crippen LogP contribution >= 0.6 is 0 Å². The van der Waals surface area contributed by atoms with Crippen LogP contribution in [-0.4, -0.2) is 41.2 Å². The van der Waals surface area contributed by atoms with E-state index in [0.29, 0.717) is 40.8 Å². The molecule has 1 aromatic carbocycles. The topological polar surface area (TPSA) is 155 Å². The van der Waals surface area contributed by atoms with Gasteiger partial charge in [0.2, 0.25) is 11.9 Å². The lowest BCUT2D eigenvalue weighted by Crippen LogP contribution is -2.20. The van der Waals surface area contributed by atoms with Crippen LogP contribution < -0.4 is 21.1 Å². The van der Waals surface area contributed by atoms with E-state index in [2.05, 4.69) is 30.7 Å². The average Bonchev–Trinajstić information content (AvgIpc) is 3.31. The Morgan fingerprint density at radius 2 is 1.94 bits per heavy atom. The number of ether oxygens (including phenoxy) is 1. The molecule has 4 aromatic rings. The van der Waals surface area contributed by atoms with Crippen molar-refractivity contribution < 1.29 is 14.3 Å². The lowest BCUT2D eigenvalue weighted by atomic mass is 10.3. The number of nitrogens with zero attached hydrogens (tertiary/aromatic N) is 6. The number of benzene rings is 1. The van der Waals surface area contributed by atoms with Crippen molar-refractivity contribution in [3.63, 3.8) is 0 Å². The van der Waals surface area contributed by atoms with Gasteiger partial charge in [-0.15, -0.1) is 0 Å². The van der Waals surface area contributed by atoms with Crippen LogP contribution in [0.1, 0.15) is 19.5 Å². The van der Waals surface area contributed by atoms with E-state index in [1.165, 1.54) is 13.3 Å². The molecular formula is C21H23N9O3. The molecule has 3 aromatic heterocycles. The third-order valence-corrected chi connectivity index (χ3v) is 4.64. The van der Waals surface area contributed by atoms with Crippen LogP contribution in [0.3, 0.4) is 0 Å². The van der Waals surface area contributed by atoms with Crippen molar-refractivity contribution in [2.75, 3.05) is 16.4 Å². The summed E-state index contributed by atoms with van der Waals surface area (Å²) in [5, 5.41) is 10.3. The summed E-state index contributed by atoms with van der Waals surface area (Å²) in [6.07, 6.45) is 1.51. The van der Waals surface area contributed by atoms with Gasteiger partial charge in [0.25, 0.3) is 0 Å². The molecule has 12 heteroatoms. The zero-order valence-corrected chi connectivity index (χ0v) is 18.4. The molecule has 0 saturated heterocycles. The Hall–Kier alpha value is -4.48. The normalized spacial score (nSPS) is 10.9. The standard InChI is InChI=1S/C21H23N9O3/c1-4-30-16(9-12(2)28-30)25-17(32)10-29-11-23-18-19(26-21(22)27-20(18)29)24-14-5-7-15(8-6-14)33-13(3)31/h5-9,11H,4,10H2,1-3H3,(H,25,32)(H3,22,24,26,27). The zero-order chi connectivity index (χ0) is 23.5. The minimum atomic E-state index is -0.398. The number of nitrogens with one attached hydrogen (secondary N) is 2. The number of fused-ring (bicyclic) bond motifs is 1. The van der Waals surface area contributed by atoms with Gasteiger partial charge < -0.3 is 25.7 Å². The van der Waals surface area contributed by atoms with Gasteiger partial charge in [0, 0.05) is 25.2 Å². The van der Waals surface area contributed by atoms with Crippen LogP contribution in [0, 0.1) is 6.92 Å². The first kappa shape index (κ1) is 21.7. The lowest BCUT2D eigenvalue weighted by Gasteiger charge is -2.09. The van der Waals surface area contributed by atoms with E-state index in [0.717, 1.165) is 5.69 Å². The van der Waals surface area contributed by atoms with Crippen molar-refractivity contribution in [2.24, 2.45) is 0 Å². The molecule has 0 aliphatic rings. The van der Waals surface area contributed by atoms with Gasteiger partial charge in [-0.3, -0.25) is 9.59 Å². The van der Waals surface area contributed by atoms with Crippen molar-refractivity contribution in [3.05, 3.63) is 42.4 Å². The number of carbonyl (C=O) groups excluding carboxylic acids is 2. The molecule has 3 heterocycles. The number of rotatable bonds is 7. The Balaban J connectivity index is 1.54. The molecule has 170 valence electrons. The number of nitrogen functional groups attached to an aromatic ring is 1. The van der Waals surface area contributed by atoms with E-state index in [-0.39, 0.29) is 18.4 Å². The maximum Gasteiger partial charge on any atom is 0.308 e. The molecule has 0 bridgehead atoms. The summed E-state index contributed by atoms with van der Waals surface area (Å²) in [6, 6.07) is 8.56. The number of hydrogen-bond acceptors (Lipinski definition) is 9. The molecule has 12 nitrogen and oxygen atoms in total. The molecule has 0 saturated carbocycles. The van der Waals surface area contributed by atoms with E-state index < -0.39 is 5.97 Å². The predicted molar refractivity (Wildman–Crippen MR) is 122 cm³/mol. The third kappa shape index (κ3) is 4.89. The number of carbonyl (C=O) groups is 2. The van der Waals surface area contributed by atoms with Gasteiger partial charge in [0.15, 0.2) is 17.0 Å². The summed E-state index contributed by atoms with van der Waals surface area (Å²) in [5.41, 5.74) is 8.27. The van der Waals surface area contributed by atoms with Gasteiger partial charge in [-0.25, -0.2) is 9.67 Å². The molecular weight excluding hydrogens is 426 g/mol. The molecule has 4 rings (SSSR count). The second kappa shape index (κ2) is 8.94. The summed E-state index contributed by atoms with van der Waals surface area (Å²) >= 11 is 0. The van der Waals surface area contributed by atoms with Gasteiger partial charge >= 0.3 is 5.97 Å². The molecule has 0 atom stereocenters. The highest BCUT2D eigenvalue weighted by Gasteiger charge is 2.16. The molecule has 0 aliphatic heterocycles. The maximum atomic E-state index is 12.6. The number of esters is 1. The quantitative estimate of drug-likeness (QED) is 0.284. The fraction of sp³-hybridized carbons (Fsp3) is 0.238. The molecule has 4 N–H and O–H groups in total. The third-order valence-electron chi connectivity index (χ3n) is 4.64. The summed E-state index contributed by atoms with van der Waals surface area (Å²) < 4.78 is 8.35. The van der Waals surface area contributed by atoms with Crippen molar-refractivity contribution in [2.45, 2.75) is 33.9 Å². The van der Waals surface area contributed by atoms with Crippen molar-refractivity contribution in [1.82, 2.24) is 29.3 Å². The number of amides is 1. The molecule has 0 aliphatic carbocycles. The first-order valence-electron chi connectivity index (χ1n) is 10.2. The highest BCUT2D eigenvalue weighted by atomic mass is 16.5. The second-order valence-electron chi connectivity index (χ2n) is 7.25. The second-order valence-corrected chi connectivity index (χ2v) is 7.25. The summed E-state index contributed by atoms with van der Waals surface area (Å²) in [5.74, 6) is 0.815. The molecule has 1 amide bonds. The molecule has 0 fully saturated rings. The lowest BCUT2D eigenvalue weighted by molar-refractivity contribution is -0.131. The SMILES string of the molecule is CCn1nc(C)cc1NC(=O)Cn1cnc2c(Nc3ccc(OC(C)=O)cc3)nc(N)nc21. The van der Waals surface area contributed by atoms with Gasteiger partial charge in [0.05, 0.1) is 12.0 Å². The first-order valence-corrected chi connectivity index (χ1v) is 10.2. The van der Waals surface area contributed by atoms with Crippen LogP contribution in [0.5, 0.6) is 5.75 Å². The van der Waals surface area contributed by atoms with E-state index in [1.807, 2.05) is 19.9 Å². The molecule has 0 radical (unpaired) electrons. The van der Waals surface area contributed by atoms with Crippen LogP contribution in [0.25, 0.3) is 11.2 Å². The largest absolute Gasteiger partial charge is 0.427 e. The highest BCUT2D eigenvalue weighted by molar-refractivity contribution is 5.92. The highest BCUT2D eigenvalue weighted by Crippen LogP contribution is 2.25. The monoisotopic (exact) mass is 449 g/mol. The molecule has 0 spiro atoms. The summed E-state index contributed by atoms with van der Waals surface area (Å²) in [7, 11) is 0. The van der Waals surface area contributed by atoms with Gasteiger partial charge in [0.1, 0.15) is 18.1 Å². The van der Waals surface area contributed by atoms with Gasteiger partial charge in [-0.2, -0.15) is 15.1 Å². The van der Waals surface area contributed by atoms with Crippen LogP contribution in [-0.2, 0) is 22.7 Å². The molecule has 0 unspecified atom stereocenters. The number of nitrogens with two attached hydrogens (primary N) is 1. The van der Waals surface area contributed by atoms with Gasteiger partial charge in [-0.1, -0.05) is 0 Å². The number of anilines is 4. The maximum absolute atomic E-state index is 12.6. The van der Waals surface area contributed by atoms with Crippen molar-refractivity contribution >= 4 is 46.3 Å². The number of aromatic nitrogens is 6. The van der Waals surface area contributed by atoms with E-state index in [9.17, 15) is 9.59 Å². The Labute approximate surface area is 188 Å². The Morgan fingerprint density at radius 3 is 2.64 bits per heavy atom. The number of aryl methyl sites for hydroxylation is 2.